The van der Waals surface area contributed by atoms with Gasteiger partial charge in [0.05, 0.1) is 6.10 Å². The number of halogens is 4. The highest BCUT2D eigenvalue weighted by Gasteiger charge is 2.31. The number of aromatic nitrogens is 1. The minimum Gasteiger partial charge on any atom is -0.443 e. The maximum Gasteiger partial charge on any atom is 0.437 e. The lowest BCUT2D eigenvalue weighted by Crippen LogP contribution is -2.53. The molecule has 1 saturated heterocycles. The van der Waals surface area contributed by atoms with Crippen molar-refractivity contribution in [2.45, 2.75) is 19.1 Å². The zero-order valence-electron chi connectivity index (χ0n) is 16.1. The van der Waals surface area contributed by atoms with Crippen molar-refractivity contribution < 1.29 is 31.8 Å². The molecule has 1 fully saturated rings. The Balaban J connectivity index is 1.69. The highest BCUT2D eigenvalue weighted by atomic mass is 19.3. The predicted molar refractivity (Wildman–Crippen MR) is 104 cm³/mol. The van der Waals surface area contributed by atoms with Gasteiger partial charge in [-0.15, -0.1) is 4.99 Å². The van der Waals surface area contributed by atoms with Crippen molar-refractivity contribution in [1.29, 1.82) is 0 Å². The molecule has 0 unspecified atom stereocenters. The van der Waals surface area contributed by atoms with Crippen LogP contribution in [0, 0.1) is 11.6 Å². The molecule has 3 rings (SSSR count). The van der Waals surface area contributed by atoms with E-state index in [2.05, 4.69) is 9.98 Å². The fraction of sp³-hybridized carbons (Fsp3) is 0.316. The number of guanidine groups is 1. The van der Waals surface area contributed by atoms with Crippen LogP contribution in [0.1, 0.15) is 5.56 Å². The minimum absolute atomic E-state index is 0.0170. The molecule has 1 aliphatic rings. The molecule has 8 nitrogen and oxygen atoms in total. The van der Waals surface area contributed by atoms with Gasteiger partial charge < -0.3 is 25.8 Å². The van der Waals surface area contributed by atoms with Crippen molar-refractivity contribution in [3.63, 3.8) is 0 Å². The molecule has 0 aliphatic carbocycles. The lowest BCUT2D eigenvalue weighted by Gasteiger charge is -2.39. The van der Waals surface area contributed by atoms with E-state index in [1.807, 2.05) is 0 Å². The van der Waals surface area contributed by atoms with E-state index in [0.29, 0.717) is 0 Å². The van der Waals surface area contributed by atoms with Gasteiger partial charge in [0, 0.05) is 36.0 Å². The summed E-state index contributed by atoms with van der Waals surface area (Å²) in [6, 6.07) is 5.43. The number of hydrogen-bond acceptors (Lipinski definition) is 5. The summed E-state index contributed by atoms with van der Waals surface area (Å²) in [6.45, 7) is -0.663. The largest absolute Gasteiger partial charge is 0.443 e. The van der Waals surface area contributed by atoms with Crippen molar-refractivity contribution in [3.05, 3.63) is 47.7 Å². The Morgan fingerprint density at radius 2 is 2.03 bits per heavy atom. The molecule has 0 atom stereocenters. The van der Waals surface area contributed by atoms with E-state index < -0.39 is 49.4 Å². The maximum atomic E-state index is 14.8. The molecule has 2 heterocycles. The van der Waals surface area contributed by atoms with E-state index in [1.165, 1.54) is 29.3 Å². The number of nitrogens with two attached hydrogens (primary N) is 2. The van der Waals surface area contributed by atoms with Crippen molar-refractivity contribution in [1.82, 2.24) is 4.98 Å². The number of aliphatic imine (C=N–C) groups is 1. The Kier molecular flexibility index (Phi) is 6.90. The second-order valence-electron chi connectivity index (χ2n) is 6.65. The molecular weight excluding hydrogens is 422 g/mol. The molecule has 12 heteroatoms. The SMILES string of the molecule is NC(N)=NC(=O)OCc1cccc(-c2cnc(N3CC(OCC(F)F)C3)c(F)c2)c1F. The fourth-order valence-corrected chi connectivity index (χ4v) is 2.93. The summed E-state index contributed by atoms with van der Waals surface area (Å²) < 4.78 is 63.4. The average Bonchev–Trinajstić information content (AvgIpc) is 2.66. The number of carbonyl (C=O) groups is 1. The quantitative estimate of drug-likeness (QED) is 0.385. The number of amides is 1. The molecule has 0 radical (unpaired) electrons. The monoisotopic (exact) mass is 441 g/mol. The molecule has 2 aromatic rings. The van der Waals surface area contributed by atoms with Gasteiger partial charge in [-0.3, -0.25) is 0 Å². The van der Waals surface area contributed by atoms with E-state index in [1.54, 1.807) is 0 Å². The number of hydrogen-bond donors (Lipinski definition) is 2. The summed E-state index contributed by atoms with van der Waals surface area (Å²) in [5, 5.41) is 0. The van der Waals surface area contributed by atoms with Crippen LogP contribution in [-0.2, 0) is 16.1 Å². The summed E-state index contributed by atoms with van der Waals surface area (Å²) in [6.07, 6.45) is -2.78. The predicted octanol–water partition coefficient (Wildman–Crippen LogP) is 2.41. The Bertz CT molecular complexity index is 979. The molecule has 0 bridgehead atoms. The third-order valence-electron chi connectivity index (χ3n) is 4.39. The summed E-state index contributed by atoms with van der Waals surface area (Å²) in [4.78, 5) is 20.1. The van der Waals surface area contributed by atoms with E-state index in [-0.39, 0.29) is 35.6 Å². The van der Waals surface area contributed by atoms with Crippen LogP contribution in [0.2, 0.25) is 0 Å². The first-order chi connectivity index (χ1) is 14.7. The van der Waals surface area contributed by atoms with Crippen LogP contribution >= 0.6 is 0 Å². The Labute approximate surface area is 174 Å². The first kappa shape index (κ1) is 22.3. The Morgan fingerprint density at radius 3 is 2.68 bits per heavy atom. The van der Waals surface area contributed by atoms with Gasteiger partial charge in [0.2, 0.25) is 0 Å². The topological polar surface area (TPSA) is 116 Å². The third-order valence-corrected chi connectivity index (χ3v) is 4.39. The van der Waals surface area contributed by atoms with Crippen molar-refractivity contribution in [2.24, 2.45) is 16.5 Å². The van der Waals surface area contributed by atoms with Gasteiger partial charge in [0.25, 0.3) is 6.43 Å². The van der Waals surface area contributed by atoms with Gasteiger partial charge in [-0.05, 0) is 6.07 Å². The molecule has 31 heavy (non-hydrogen) atoms. The van der Waals surface area contributed by atoms with E-state index in [4.69, 9.17) is 20.9 Å². The first-order valence-electron chi connectivity index (χ1n) is 9.09. The van der Waals surface area contributed by atoms with Gasteiger partial charge in [0.1, 0.15) is 19.0 Å². The van der Waals surface area contributed by atoms with Crippen LogP contribution < -0.4 is 16.4 Å². The number of benzene rings is 1. The highest BCUT2D eigenvalue weighted by Crippen LogP contribution is 2.30. The summed E-state index contributed by atoms with van der Waals surface area (Å²) in [5.74, 6) is -1.90. The molecule has 1 aliphatic heterocycles. The smallest absolute Gasteiger partial charge is 0.437 e. The van der Waals surface area contributed by atoms with Crippen molar-refractivity contribution in [2.75, 3.05) is 24.6 Å². The van der Waals surface area contributed by atoms with Crippen molar-refractivity contribution >= 4 is 17.9 Å². The molecule has 1 aromatic carbocycles. The number of pyridine rings is 1. The summed E-state index contributed by atoms with van der Waals surface area (Å²) >= 11 is 0. The lowest BCUT2D eigenvalue weighted by atomic mass is 10.0. The standard InChI is InChI=1S/C19H19F4N5O3/c20-14-4-11(5-26-17(14)28-6-12(7-28)30-9-15(21)22)13-3-1-2-10(16(13)23)8-31-19(29)27-18(24)25/h1-5,12,15H,6-9H2,(H4,24,25,27,29). The van der Waals surface area contributed by atoms with Gasteiger partial charge in [-0.1, -0.05) is 18.2 Å². The number of nitrogens with zero attached hydrogens (tertiary/aromatic N) is 3. The number of carbonyl (C=O) groups excluding carboxylic acids is 1. The zero-order valence-corrected chi connectivity index (χ0v) is 16.1. The molecule has 0 spiro atoms. The second-order valence-corrected chi connectivity index (χ2v) is 6.65. The molecule has 1 amide bonds. The van der Waals surface area contributed by atoms with Crippen LogP contribution in [0.4, 0.5) is 28.2 Å². The average molecular weight is 441 g/mol. The summed E-state index contributed by atoms with van der Waals surface area (Å²) in [5.41, 5.74) is 10.4. The number of alkyl halides is 2. The Morgan fingerprint density at radius 1 is 1.29 bits per heavy atom. The van der Waals surface area contributed by atoms with Crippen LogP contribution in [-0.4, -0.2) is 49.3 Å². The molecule has 4 N–H and O–H groups in total. The van der Waals surface area contributed by atoms with Crippen LogP contribution in [0.3, 0.4) is 0 Å². The van der Waals surface area contributed by atoms with Gasteiger partial charge in [-0.25, -0.2) is 27.3 Å². The third kappa shape index (κ3) is 5.60. The number of ether oxygens (including phenoxy) is 2. The van der Waals surface area contributed by atoms with Crippen molar-refractivity contribution in [3.8, 4) is 11.1 Å². The molecule has 0 saturated carbocycles. The summed E-state index contributed by atoms with van der Waals surface area (Å²) in [7, 11) is 0. The maximum absolute atomic E-state index is 14.8. The number of rotatable bonds is 7. The Hall–Kier alpha value is -3.41. The van der Waals surface area contributed by atoms with Crippen LogP contribution in [0.25, 0.3) is 11.1 Å². The highest BCUT2D eigenvalue weighted by molar-refractivity contribution is 5.87. The van der Waals surface area contributed by atoms with E-state index in [9.17, 15) is 22.4 Å². The zero-order chi connectivity index (χ0) is 22.5. The molecule has 1 aromatic heterocycles. The lowest BCUT2D eigenvalue weighted by molar-refractivity contribution is -0.0338. The van der Waals surface area contributed by atoms with Gasteiger partial charge >= 0.3 is 6.09 Å². The second kappa shape index (κ2) is 9.60. The minimum atomic E-state index is -2.57. The van der Waals surface area contributed by atoms with E-state index in [0.717, 1.165) is 6.07 Å². The molecule has 166 valence electrons. The van der Waals surface area contributed by atoms with Gasteiger partial charge in [-0.2, -0.15) is 0 Å². The number of anilines is 1. The van der Waals surface area contributed by atoms with Crippen LogP contribution in [0.5, 0.6) is 0 Å². The fourth-order valence-electron chi connectivity index (χ4n) is 2.93. The molecular formula is C19H19F4N5O3. The van der Waals surface area contributed by atoms with Gasteiger partial charge in [0.15, 0.2) is 17.6 Å². The van der Waals surface area contributed by atoms with E-state index >= 15 is 0 Å². The van der Waals surface area contributed by atoms with Crippen LogP contribution in [0.15, 0.2) is 35.5 Å². The normalized spacial score (nSPS) is 13.8. The first-order valence-corrected chi connectivity index (χ1v) is 9.09.